The van der Waals surface area contributed by atoms with E-state index in [-0.39, 0.29) is 11.8 Å². The number of likely N-dealkylation sites (tertiary alicyclic amines) is 1. The zero-order valence-corrected chi connectivity index (χ0v) is 21.1. The van der Waals surface area contributed by atoms with Gasteiger partial charge in [0.2, 0.25) is 5.91 Å². The summed E-state index contributed by atoms with van der Waals surface area (Å²) in [6.07, 6.45) is 3.42. The topological polar surface area (TPSA) is 56.3 Å². The first-order chi connectivity index (χ1) is 17.0. The Morgan fingerprint density at radius 2 is 1.69 bits per heavy atom. The van der Waals surface area contributed by atoms with Crippen molar-refractivity contribution in [2.75, 3.05) is 64.4 Å². The molecule has 0 saturated carbocycles. The summed E-state index contributed by atoms with van der Waals surface area (Å²) in [4.78, 5) is 34.5. The lowest BCUT2D eigenvalue weighted by atomic mass is 10.1. The van der Waals surface area contributed by atoms with Gasteiger partial charge in [-0.25, -0.2) is 0 Å². The van der Waals surface area contributed by atoms with Gasteiger partial charge in [-0.15, -0.1) is 0 Å². The van der Waals surface area contributed by atoms with Gasteiger partial charge >= 0.3 is 0 Å². The lowest BCUT2D eigenvalue weighted by Gasteiger charge is -2.27. The fourth-order valence-corrected chi connectivity index (χ4v) is 4.92. The van der Waals surface area contributed by atoms with Crippen LogP contribution in [0.4, 0.5) is 5.69 Å². The van der Waals surface area contributed by atoms with Crippen molar-refractivity contribution in [3.8, 4) is 5.75 Å². The van der Waals surface area contributed by atoms with Gasteiger partial charge in [0, 0.05) is 50.9 Å². The predicted octanol–water partition coefficient (Wildman–Crippen LogP) is 3.49. The van der Waals surface area contributed by atoms with Gasteiger partial charge in [-0.1, -0.05) is 24.3 Å². The number of anilines is 1. The summed E-state index contributed by atoms with van der Waals surface area (Å²) in [7, 11) is 2.07. The van der Waals surface area contributed by atoms with E-state index in [2.05, 4.69) is 16.8 Å². The summed E-state index contributed by atoms with van der Waals surface area (Å²) in [5.41, 5.74) is 2.50. The van der Waals surface area contributed by atoms with Crippen LogP contribution in [0.25, 0.3) is 0 Å². The first kappa shape index (κ1) is 25.2. The molecule has 7 nitrogen and oxygen atoms in total. The second-order valence-electron chi connectivity index (χ2n) is 9.61. The molecule has 2 aliphatic rings. The SMILES string of the molecule is CC(=O)N1CCCN(C)CCN(C(=O)c2cccc(OCCN3CCCC3)c2)Cc2ccccc21. The second kappa shape index (κ2) is 12.2. The number of fused-ring (bicyclic) bond motifs is 1. The summed E-state index contributed by atoms with van der Waals surface area (Å²) in [6.45, 7) is 8.83. The van der Waals surface area contributed by atoms with Gasteiger partial charge in [0.25, 0.3) is 5.91 Å². The van der Waals surface area contributed by atoms with E-state index >= 15 is 0 Å². The van der Waals surface area contributed by atoms with Crippen LogP contribution in [0, 0.1) is 0 Å². The number of likely N-dealkylation sites (N-methyl/N-ethyl adjacent to an activating group) is 1. The molecule has 0 radical (unpaired) electrons. The van der Waals surface area contributed by atoms with E-state index in [9.17, 15) is 9.59 Å². The quantitative estimate of drug-likeness (QED) is 0.659. The summed E-state index contributed by atoms with van der Waals surface area (Å²) < 4.78 is 5.99. The van der Waals surface area contributed by atoms with E-state index in [0.717, 1.165) is 56.1 Å². The number of nitrogens with zero attached hydrogens (tertiary/aromatic N) is 4. The van der Waals surface area contributed by atoms with Crippen molar-refractivity contribution < 1.29 is 14.3 Å². The van der Waals surface area contributed by atoms with Crippen LogP contribution in [-0.4, -0.2) is 86.0 Å². The number of hydrogen-bond acceptors (Lipinski definition) is 5. The standard InChI is InChI=1S/C28H38N4O3/c1-23(33)32-16-8-13-29(2)17-18-31(22-25-9-3-4-12-27(25)32)28(34)24-10-7-11-26(21-24)35-20-19-30-14-5-6-15-30/h3-4,7,9-12,21H,5-6,8,13-20,22H2,1-2H3. The molecule has 1 fully saturated rings. The Morgan fingerprint density at radius 3 is 2.49 bits per heavy atom. The highest BCUT2D eigenvalue weighted by Crippen LogP contribution is 2.25. The summed E-state index contributed by atoms with van der Waals surface area (Å²) in [5, 5.41) is 0. The van der Waals surface area contributed by atoms with Crippen LogP contribution in [0.2, 0.25) is 0 Å². The van der Waals surface area contributed by atoms with Gasteiger partial charge in [-0.3, -0.25) is 14.5 Å². The van der Waals surface area contributed by atoms with Gasteiger partial charge < -0.3 is 19.4 Å². The van der Waals surface area contributed by atoms with Crippen LogP contribution in [0.1, 0.15) is 42.1 Å². The molecule has 2 amide bonds. The Bertz CT molecular complexity index is 1010. The molecule has 2 aliphatic heterocycles. The number of benzene rings is 2. The first-order valence-corrected chi connectivity index (χ1v) is 12.8. The van der Waals surface area contributed by atoms with E-state index in [1.807, 2.05) is 58.3 Å². The minimum Gasteiger partial charge on any atom is -0.492 e. The summed E-state index contributed by atoms with van der Waals surface area (Å²) in [6, 6.07) is 15.5. The third-order valence-corrected chi connectivity index (χ3v) is 6.94. The van der Waals surface area contributed by atoms with Crippen molar-refractivity contribution in [1.82, 2.24) is 14.7 Å². The number of carbonyl (C=O) groups excluding carboxylic acids is 2. The smallest absolute Gasteiger partial charge is 0.254 e. The van der Waals surface area contributed by atoms with Crippen molar-refractivity contribution in [2.45, 2.75) is 32.7 Å². The van der Waals surface area contributed by atoms with Crippen molar-refractivity contribution >= 4 is 17.5 Å². The lowest BCUT2D eigenvalue weighted by molar-refractivity contribution is -0.116. The van der Waals surface area contributed by atoms with Crippen molar-refractivity contribution in [3.63, 3.8) is 0 Å². The fourth-order valence-electron chi connectivity index (χ4n) is 4.92. The van der Waals surface area contributed by atoms with Gasteiger partial charge in [-0.05, 0) is 75.8 Å². The number of carbonyl (C=O) groups is 2. The first-order valence-electron chi connectivity index (χ1n) is 12.8. The Hall–Kier alpha value is -2.90. The number of para-hydroxylation sites is 1. The molecule has 2 aromatic carbocycles. The van der Waals surface area contributed by atoms with Crippen LogP contribution in [0.5, 0.6) is 5.75 Å². The average Bonchev–Trinajstić information content (AvgIpc) is 3.37. The van der Waals surface area contributed by atoms with Crippen LogP contribution in [-0.2, 0) is 11.3 Å². The summed E-state index contributed by atoms with van der Waals surface area (Å²) >= 11 is 0. The maximum absolute atomic E-state index is 13.7. The Morgan fingerprint density at radius 1 is 0.886 bits per heavy atom. The van der Waals surface area contributed by atoms with Gasteiger partial charge in [-0.2, -0.15) is 0 Å². The van der Waals surface area contributed by atoms with Crippen LogP contribution >= 0.6 is 0 Å². The van der Waals surface area contributed by atoms with Crippen LogP contribution < -0.4 is 9.64 Å². The highest BCUT2D eigenvalue weighted by atomic mass is 16.5. The number of amides is 2. The monoisotopic (exact) mass is 478 g/mol. The molecule has 0 N–H and O–H groups in total. The third-order valence-electron chi connectivity index (χ3n) is 6.94. The normalized spacial score (nSPS) is 18.1. The van der Waals surface area contributed by atoms with E-state index in [1.165, 1.54) is 12.8 Å². The molecule has 2 heterocycles. The minimum absolute atomic E-state index is 0.0215. The molecule has 0 atom stereocenters. The molecule has 1 saturated heterocycles. The molecular formula is C28H38N4O3. The largest absolute Gasteiger partial charge is 0.492 e. The van der Waals surface area contributed by atoms with Gasteiger partial charge in [0.1, 0.15) is 12.4 Å². The fraction of sp³-hybridized carbons (Fsp3) is 0.500. The van der Waals surface area contributed by atoms with E-state index < -0.39 is 0 Å². The molecule has 2 aromatic rings. The van der Waals surface area contributed by atoms with Crippen LogP contribution in [0.15, 0.2) is 48.5 Å². The van der Waals surface area contributed by atoms with E-state index in [1.54, 1.807) is 6.92 Å². The van der Waals surface area contributed by atoms with Crippen molar-refractivity contribution in [2.24, 2.45) is 0 Å². The average molecular weight is 479 g/mol. The van der Waals surface area contributed by atoms with Crippen molar-refractivity contribution in [3.05, 3.63) is 59.7 Å². The van der Waals surface area contributed by atoms with Crippen LogP contribution in [0.3, 0.4) is 0 Å². The highest BCUT2D eigenvalue weighted by molar-refractivity contribution is 5.95. The molecule has 7 heteroatoms. The zero-order chi connectivity index (χ0) is 24.6. The van der Waals surface area contributed by atoms with E-state index in [0.29, 0.717) is 31.8 Å². The molecular weight excluding hydrogens is 440 g/mol. The number of ether oxygens (including phenoxy) is 1. The maximum atomic E-state index is 13.7. The Kier molecular flexibility index (Phi) is 8.77. The Labute approximate surface area is 209 Å². The van der Waals surface area contributed by atoms with E-state index in [4.69, 9.17) is 4.74 Å². The predicted molar refractivity (Wildman–Crippen MR) is 139 cm³/mol. The van der Waals surface area contributed by atoms with Gasteiger partial charge in [0.05, 0.1) is 0 Å². The molecule has 4 rings (SSSR count). The molecule has 0 bridgehead atoms. The summed E-state index contributed by atoms with van der Waals surface area (Å²) in [5.74, 6) is 0.732. The number of hydrogen-bond donors (Lipinski definition) is 0. The zero-order valence-electron chi connectivity index (χ0n) is 21.1. The molecule has 0 aromatic heterocycles. The molecule has 0 spiro atoms. The maximum Gasteiger partial charge on any atom is 0.254 e. The molecule has 188 valence electrons. The molecule has 35 heavy (non-hydrogen) atoms. The second-order valence-corrected chi connectivity index (χ2v) is 9.61. The highest BCUT2D eigenvalue weighted by Gasteiger charge is 2.22. The Balaban J connectivity index is 1.52. The number of rotatable bonds is 5. The van der Waals surface area contributed by atoms with Crippen molar-refractivity contribution in [1.29, 1.82) is 0 Å². The minimum atomic E-state index is -0.0215. The lowest BCUT2D eigenvalue weighted by Crippen LogP contribution is -2.37. The van der Waals surface area contributed by atoms with Gasteiger partial charge in [0.15, 0.2) is 0 Å². The molecule has 0 aliphatic carbocycles. The third kappa shape index (κ3) is 6.83. The molecule has 0 unspecified atom stereocenters.